The summed E-state index contributed by atoms with van der Waals surface area (Å²) in [7, 11) is 0. The minimum absolute atomic E-state index is 0.677. The molecule has 13 heavy (non-hydrogen) atoms. The second kappa shape index (κ2) is 4.24. The Bertz CT molecular complexity index is 287. The molecule has 0 amide bonds. The maximum atomic E-state index is 10.2. The van der Waals surface area contributed by atoms with Crippen LogP contribution in [0.1, 0.15) is 13.3 Å². The van der Waals surface area contributed by atoms with Gasteiger partial charge >= 0.3 is 0 Å². The first-order valence-electron chi connectivity index (χ1n) is 3.18. The smallest absolute Gasteiger partial charge is 0.0681 e. The van der Waals surface area contributed by atoms with E-state index in [1.807, 2.05) is 0 Å². The van der Waals surface area contributed by atoms with Gasteiger partial charge in [0, 0.05) is 12.4 Å². The van der Waals surface area contributed by atoms with Crippen molar-refractivity contribution in [3.05, 3.63) is 11.1 Å². The second-order valence-electron chi connectivity index (χ2n) is 2.23. The fourth-order valence-electron chi connectivity index (χ4n) is 0.625. The maximum Gasteiger partial charge on any atom is 0.0681 e. The fourth-order valence-corrected chi connectivity index (χ4v) is 0.625. The summed E-state index contributed by atoms with van der Waals surface area (Å²) in [5.41, 5.74) is -1.52. The zero-order valence-corrected chi connectivity index (χ0v) is 6.66. The molecule has 0 spiro atoms. The third kappa shape index (κ3) is 3.37. The fraction of sp³-hybridized carbons (Fsp3) is 0.286. The molecule has 0 rings (SSSR count). The highest BCUT2D eigenvalue weighted by atomic mass is 16.4. The van der Waals surface area contributed by atoms with Crippen molar-refractivity contribution in [3.8, 4) is 0 Å². The lowest BCUT2D eigenvalue weighted by atomic mass is 10.1. The van der Waals surface area contributed by atoms with Gasteiger partial charge in [-0.2, -0.15) is 0 Å². The number of carbonyl (C=O) groups excluding carboxylic acids is 3. The number of hydrogen-bond donors (Lipinski definition) is 0. The largest absolute Gasteiger partial charge is 0.550 e. The highest BCUT2D eigenvalue weighted by Gasteiger charge is 2.05. The summed E-state index contributed by atoms with van der Waals surface area (Å²) in [6.07, 6.45) is -1.01. The van der Waals surface area contributed by atoms with E-state index in [0.29, 0.717) is 0 Å². The van der Waals surface area contributed by atoms with Crippen LogP contribution in [0.3, 0.4) is 0 Å². The zero-order chi connectivity index (χ0) is 10.6. The van der Waals surface area contributed by atoms with Crippen LogP contribution in [0.15, 0.2) is 11.1 Å². The summed E-state index contributed by atoms with van der Waals surface area (Å²) < 4.78 is 0. The number of carbonyl (C=O) groups is 3. The summed E-state index contributed by atoms with van der Waals surface area (Å²) >= 11 is 0. The van der Waals surface area contributed by atoms with Crippen LogP contribution >= 0.6 is 0 Å². The summed E-state index contributed by atoms with van der Waals surface area (Å²) in [5, 5.41) is 30.4. The molecule has 0 aromatic heterocycles. The quantitative estimate of drug-likeness (QED) is 0.411. The standard InChI is InChI=1S/C7H8O6/c1-3(6(10)11)4(7(12)13)2-5(8)9/h2H2,1H3,(H,8,9)(H,10,11)(H,12,13)/p-3/b4-3+. The van der Waals surface area contributed by atoms with E-state index in [-0.39, 0.29) is 0 Å². The van der Waals surface area contributed by atoms with Crippen molar-refractivity contribution >= 4 is 17.9 Å². The van der Waals surface area contributed by atoms with Crippen molar-refractivity contribution in [2.45, 2.75) is 13.3 Å². The Labute approximate surface area is 73.1 Å². The van der Waals surface area contributed by atoms with E-state index < -0.39 is 35.5 Å². The van der Waals surface area contributed by atoms with Gasteiger partial charge in [0.15, 0.2) is 0 Å². The van der Waals surface area contributed by atoms with Gasteiger partial charge in [-0.3, -0.25) is 0 Å². The lowest BCUT2D eigenvalue weighted by Gasteiger charge is -2.14. The van der Waals surface area contributed by atoms with Crippen LogP contribution in [-0.2, 0) is 14.4 Å². The molecule has 0 aliphatic heterocycles. The predicted molar refractivity (Wildman–Crippen MR) is 32.3 cm³/mol. The van der Waals surface area contributed by atoms with E-state index in [4.69, 9.17) is 0 Å². The van der Waals surface area contributed by atoms with Gasteiger partial charge in [0.25, 0.3) is 0 Å². The van der Waals surface area contributed by atoms with Gasteiger partial charge in [-0.05, 0) is 18.1 Å². The minimum atomic E-state index is -1.86. The number of rotatable bonds is 4. The first kappa shape index (κ1) is 11.2. The maximum absolute atomic E-state index is 10.2. The molecule has 0 atom stereocenters. The van der Waals surface area contributed by atoms with Crippen molar-refractivity contribution in [2.75, 3.05) is 0 Å². The van der Waals surface area contributed by atoms with Gasteiger partial charge in [-0.15, -0.1) is 0 Å². The summed E-state index contributed by atoms with van der Waals surface area (Å²) in [4.78, 5) is 30.4. The van der Waals surface area contributed by atoms with Gasteiger partial charge in [-0.25, -0.2) is 0 Å². The minimum Gasteiger partial charge on any atom is -0.550 e. The van der Waals surface area contributed by atoms with Gasteiger partial charge in [0.1, 0.15) is 0 Å². The van der Waals surface area contributed by atoms with Crippen molar-refractivity contribution < 1.29 is 29.7 Å². The lowest BCUT2D eigenvalue weighted by Crippen LogP contribution is -2.34. The lowest BCUT2D eigenvalue weighted by molar-refractivity contribution is -0.310. The van der Waals surface area contributed by atoms with Crippen molar-refractivity contribution in [1.82, 2.24) is 0 Å². The van der Waals surface area contributed by atoms with Crippen LogP contribution < -0.4 is 15.3 Å². The molecule has 6 heteroatoms. The van der Waals surface area contributed by atoms with Gasteiger partial charge in [0.2, 0.25) is 0 Å². The Kier molecular flexibility index (Phi) is 3.64. The molecule has 0 heterocycles. The van der Waals surface area contributed by atoms with E-state index in [9.17, 15) is 29.7 Å². The van der Waals surface area contributed by atoms with Gasteiger partial charge in [-0.1, -0.05) is 0 Å². The molecule has 0 aromatic rings. The Morgan fingerprint density at radius 3 is 1.69 bits per heavy atom. The molecule has 0 fully saturated rings. The van der Waals surface area contributed by atoms with Crippen LogP contribution in [0.2, 0.25) is 0 Å². The number of carboxylic acids is 3. The van der Waals surface area contributed by atoms with Crippen LogP contribution in [0, 0.1) is 0 Å². The Morgan fingerprint density at radius 2 is 1.46 bits per heavy atom. The van der Waals surface area contributed by atoms with Crippen LogP contribution in [0.5, 0.6) is 0 Å². The molecule has 72 valence electrons. The molecular weight excluding hydrogens is 180 g/mol. The Hall–Kier alpha value is -1.85. The van der Waals surface area contributed by atoms with Gasteiger partial charge < -0.3 is 29.7 Å². The molecule has 0 aliphatic rings. The monoisotopic (exact) mass is 185 g/mol. The highest BCUT2D eigenvalue weighted by Crippen LogP contribution is 2.06. The highest BCUT2D eigenvalue weighted by molar-refractivity contribution is 5.99. The molecular formula is C7H5O6-3. The van der Waals surface area contributed by atoms with Crippen molar-refractivity contribution in [2.24, 2.45) is 0 Å². The number of carboxylic acid groups (broad SMARTS) is 3. The van der Waals surface area contributed by atoms with E-state index >= 15 is 0 Å². The molecule has 0 saturated carbocycles. The molecule has 0 N–H and O–H groups in total. The summed E-state index contributed by atoms with van der Waals surface area (Å²) in [5.74, 6) is -5.30. The first-order valence-corrected chi connectivity index (χ1v) is 3.18. The number of aliphatic carboxylic acids is 3. The average molecular weight is 185 g/mol. The molecule has 0 saturated heterocycles. The summed E-state index contributed by atoms with van der Waals surface area (Å²) in [6, 6.07) is 0. The normalized spacial score (nSPS) is 11.8. The number of hydrogen-bond acceptors (Lipinski definition) is 6. The van der Waals surface area contributed by atoms with E-state index in [1.54, 1.807) is 0 Å². The topological polar surface area (TPSA) is 120 Å². The molecule has 6 nitrogen and oxygen atoms in total. The van der Waals surface area contributed by atoms with Crippen molar-refractivity contribution in [3.63, 3.8) is 0 Å². The van der Waals surface area contributed by atoms with E-state index in [2.05, 4.69) is 0 Å². The van der Waals surface area contributed by atoms with Gasteiger partial charge in [0.05, 0.1) is 11.9 Å². The zero-order valence-electron chi connectivity index (χ0n) is 6.66. The Morgan fingerprint density at radius 1 is 1.00 bits per heavy atom. The molecule has 0 aromatic carbocycles. The van der Waals surface area contributed by atoms with Crippen LogP contribution in [0.25, 0.3) is 0 Å². The predicted octanol–water partition coefficient (Wildman–Crippen LogP) is -4.06. The second-order valence-corrected chi connectivity index (χ2v) is 2.23. The van der Waals surface area contributed by atoms with E-state index in [0.717, 1.165) is 6.92 Å². The van der Waals surface area contributed by atoms with Crippen LogP contribution in [0.4, 0.5) is 0 Å². The third-order valence-electron chi connectivity index (χ3n) is 1.33. The molecule has 0 radical (unpaired) electrons. The summed E-state index contributed by atoms with van der Waals surface area (Å²) in [6.45, 7) is 0.920. The molecule has 0 aliphatic carbocycles. The molecule has 0 bridgehead atoms. The third-order valence-corrected chi connectivity index (χ3v) is 1.33. The van der Waals surface area contributed by atoms with Crippen molar-refractivity contribution in [1.29, 1.82) is 0 Å². The molecule has 0 unspecified atom stereocenters. The first-order chi connectivity index (χ1) is 5.86. The SMILES string of the molecule is C/C(C(=O)[O-])=C(/CC(=O)[O-])C(=O)[O-]. The van der Waals surface area contributed by atoms with Crippen LogP contribution in [-0.4, -0.2) is 17.9 Å². The van der Waals surface area contributed by atoms with E-state index in [1.165, 1.54) is 0 Å². The average Bonchev–Trinajstić information content (AvgIpc) is 1.97. The Balaban J connectivity index is 5.00.